The highest BCUT2D eigenvalue weighted by Gasteiger charge is 2.62. The number of carbonyl (C=O) groups excluding carboxylic acids is 1. The van der Waals surface area contributed by atoms with E-state index in [1.54, 1.807) is 0 Å². The van der Waals surface area contributed by atoms with Gasteiger partial charge in [-0.05, 0) is 60.6 Å². The first-order chi connectivity index (χ1) is 15.7. The first-order valence-electron chi connectivity index (χ1n) is 11.4. The Morgan fingerprint density at radius 1 is 1.15 bits per heavy atom. The van der Waals surface area contributed by atoms with E-state index in [0.717, 1.165) is 11.1 Å². The number of hydrogen-bond acceptors (Lipinski definition) is 3. The van der Waals surface area contributed by atoms with E-state index in [0.29, 0.717) is 29.3 Å². The average molecular weight is 490 g/mol. The molecule has 176 valence electrons. The molecule has 1 aliphatic heterocycles. The number of carbonyl (C=O) groups is 2. The van der Waals surface area contributed by atoms with Gasteiger partial charge in [0.1, 0.15) is 0 Å². The van der Waals surface area contributed by atoms with E-state index >= 15 is 0 Å². The molecule has 2 aliphatic rings. The van der Waals surface area contributed by atoms with Gasteiger partial charge in [-0.2, -0.15) is 0 Å². The summed E-state index contributed by atoms with van der Waals surface area (Å²) in [5.41, 5.74) is 1.07. The molecule has 2 fully saturated rings. The Morgan fingerprint density at radius 2 is 1.85 bits per heavy atom. The number of carboxylic acid groups (broad SMARTS) is 1. The second kappa shape index (κ2) is 9.28. The summed E-state index contributed by atoms with van der Waals surface area (Å²) in [4.78, 5) is 27.6. The summed E-state index contributed by atoms with van der Waals surface area (Å²) >= 11 is 12.5. The molecule has 1 saturated carbocycles. The Balaban J connectivity index is 1.88. The molecule has 0 aromatic heterocycles. The van der Waals surface area contributed by atoms with Crippen LogP contribution in [0.15, 0.2) is 48.5 Å². The van der Waals surface area contributed by atoms with E-state index in [4.69, 9.17) is 23.2 Å². The molecule has 4 rings (SSSR count). The largest absolute Gasteiger partial charge is 0.481 e. The smallest absolute Gasteiger partial charge is 0.306 e. The van der Waals surface area contributed by atoms with Crippen molar-refractivity contribution in [2.45, 2.75) is 51.1 Å². The zero-order valence-corrected chi connectivity index (χ0v) is 20.3. The molecule has 1 heterocycles. The molecule has 2 aromatic carbocycles. The fraction of sp³-hybridized carbons (Fsp3) is 0.462. The third-order valence-corrected chi connectivity index (χ3v) is 8.02. The van der Waals surface area contributed by atoms with Crippen LogP contribution in [0.25, 0.3) is 0 Å². The highest BCUT2D eigenvalue weighted by atomic mass is 35.5. The second-order valence-electron chi connectivity index (χ2n) is 9.52. The van der Waals surface area contributed by atoms with Crippen molar-refractivity contribution in [3.05, 3.63) is 69.7 Å². The molecular weight excluding hydrogens is 461 g/mol. The molecule has 3 unspecified atom stereocenters. The van der Waals surface area contributed by atoms with Crippen LogP contribution in [0.1, 0.15) is 56.2 Å². The monoisotopic (exact) mass is 489 g/mol. The number of hydrogen-bond donors (Lipinski definition) is 2. The molecular formula is C26H29Cl2NO4. The second-order valence-corrected chi connectivity index (χ2v) is 10.4. The Labute approximate surface area is 204 Å². The number of benzene rings is 2. The lowest BCUT2D eigenvalue weighted by molar-refractivity contribution is -0.158. The van der Waals surface area contributed by atoms with Gasteiger partial charge in [0.05, 0.1) is 30.0 Å². The van der Waals surface area contributed by atoms with Gasteiger partial charge in [0.2, 0.25) is 5.91 Å². The van der Waals surface area contributed by atoms with Gasteiger partial charge in [0.25, 0.3) is 0 Å². The number of piperidine rings is 1. The molecule has 0 bridgehead atoms. The van der Waals surface area contributed by atoms with Crippen molar-refractivity contribution in [2.75, 3.05) is 6.61 Å². The number of halogens is 2. The van der Waals surface area contributed by atoms with Crippen LogP contribution >= 0.6 is 23.2 Å². The molecule has 6 atom stereocenters. The maximum Gasteiger partial charge on any atom is 0.306 e. The molecule has 5 nitrogen and oxygen atoms in total. The van der Waals surface area contributed by atoms with Crippen molar-refractivity contribution in [2.24, 2.45) is 17.3 Å². The molecule has 33 heavy (non-hydrogen) atoms. The summed E-state index contributed by atoms with van der Waals surface area (Å²) < 4.78 is 0. The lowest BCUT2D eigenvalue weighted by Gasteiger charge is -2.52. The van der Waals surface area contributed by atoms with E-state index in [2.05, 4.69) is 0 Å². The van der Waals surface area contributed by atoms with E-state index in [1.807, 2.05) is 67.3 Å². The van der Waals surface area contributed by atoms with Crippen molar-refractivity contribution in [3.8, 4) is 0 Å². The van der Waals surface area contributed by atoms with Crippen LogP contribution in [-0.4, -0.2) is 39.6 Å². The number of likely N-dealkylation sites (tertiary alicyclic amines) is 1. The van der Waals surface area contributed by atoms with Gasteiger partial charge in [-0.25, -0.2) is 0 Å². The van der Waals surface area contributed by atoms with Gasteiger partial charge >= 0.3 is 5.97 Å². The third-order valence-electron chi connectivity index (χ3n) is 7.54. The van der Waals surface area contributed by atoms with Crippen molar-refractivity contribution in [1.29, 1.82) is 0 Å². The summed E-state index contributed by atoms with van der Waals surface area (Å²) in [6.07, 6.45) is 1.58. The molecule has 2 N–H and O–H groups in total. The van der Waals surface area contributed by atoms with Gasteiger partial charge in [-0.3, -0.25) is 9.59 Å². The van der Waals surface area contributed by atoms with Crippen LogP contribution in [0.4, 0.5) is 0 Å². The number of rotatable bonds is 7. The predicted molar refractivity (Wildman–Crippen MR) is 128 cm³/mol. The number of aliphatic hydroxyl groups excluding tert-OH is 1. The summed E-state index contributed by atoms with van der Waals surface area (Å²) in [7, 11) is 0. The van der Waals surface area contributed by atoms with Crippen molar-refractivity contribution in [3.63, 3.8) is 0 Å². The Kier molecular flexibility index (Phi) is 6.77. The van der Waals surface area contributed by atoms with Gasteiger partial charge < -0.3 is 15.1 Å². The first-order valence-corrected chi connectivity index (χ1v) is 12.1. The summed E-state index contributed by atoms with van der Waals surface area (Å²) in [6.45, 7) is 3.68. The number of aliphatic hydroxyl groups is 1. The topological polar surface area (TPSA) is 77.8 Å². The van der Waals surface area contributed by atoms with Crippen LogP contribution in [-0.2, 0) is 9.59 Å². The molecule has 0 radical (unpaired) electrons. The number of carboxylic acids is 1. The van der Waals surface area contributed by atoms with Gasteiger partial charge in [-0.15, -0.1) is 0 Å². The van der Waals surface area contributed by atoms with Crippen molar-refractivity contribution >= 4 is 35.1 Å². The van der Waals surface area contributed by atoms with Gasteiger partial charge in [-0.1, -0.05) is 61.3 Å². The molecule has 1 saturated heterocycles. The predicted octanol–water partition coefficient (Wildman–Crippen LogP) is 5.55. The number of aliphatic carboxylic acids is 1. The van der Waals surface area contributed by atoms with E-state index in [1.165, 1.54) is 0 Å². The quantitative estimate of drug-likeness (QED) is 0.534. The molecule has 0 spiro atoms. The number of amides is 1. The van der Waals surface area contributed by atoms with Crippen molar-refractivity contribution < 1.29 is 19.8 Å². The maximum atomic E-state index is 14.1. The zero-order chi connectivity index (χ0) is 23.9. The fourth-order valence-electron chi connectivity index (χ4n) is 5.65. The molecule has 7 heteroatoms. The normalized spacial score (nSPS) is 30.2. The van der Waals surface area contributed by atoms with Crippen LogP contribution < -0.4 is 0 Å². The average Bonchev–Trinajstić information content (AvgIpc) is 3.60. The van der Waals surface area contributed by atoms with Gasteiger partial charge in [0.15, 0.2) is 0 Å². The lowest BCUT2D eigenvalue weighted by atomic mass is 9.65. The van der Waals surface area contributed by atoms with Crippen molar-refractivity contribution in [1.82, 2.24) is 4.90 Å². The van der Waals surface area contributed by atoms with Crippen LogP contribution in [0, 0.1) is 17.3 Å². The zero-order valence-electron chi connectivity index (χ0n) is 18.7. The van der Waals surface area contributed by atoms with Crippen LogP contribution in [0.5, 0.6) is 0 Å². The summed E-state index contributed by atoms with van der Waals surface area (Å²) in [5, 5.41) is 21.1. The minimum Gasteiger partial charge on any atom is -0.481 e. The van der Waals surface area contributed by atoms with E-state index in [-0.39, 0.29) is 36.4 Å². The van der Waals surface area contributed by atoms with E-state index < -0.39 is 17.3 Å². The first kappa shape index (κ1) is 24.1. The fourth-order valence-corrected chi connectivity index (χ4v) is 5.97. The Hall–Kier alpha value is -2.08. The molecule has 1 amide bonds. The summed E-state index contributed by atoms with van der Waals surface area (Å²) in [5.74, 6) is -1.80. The third kappa shape index (κ3) is 4.39. The molecule has 1 aliphatic carbocycles. The summed E-state index contributed by atoms with van der Waals surface area (Å²) in [6, 6.07) is 14.4. The minimum atomic E-state index is -0.853. The maximum absolute atomic E-state index is 14.1. The Bertz CT molecular complexity index is 1040. The van der Waals surface area contributed by atoms with Crippen LogP contribution in [0.2, 0.25) is 10.0 Å². The van der Waals surface area contributed by atoms with E-state index in [9.17, 15) is 19.8 Å². The number of nitrogens with zero attached hydrogens (tertiary/aromatic N) is 1. The lowest BCUT2D eigenvalue weighted by Crippen LogP contribution is -2.57. The van der Waals surface area contributed by atoms with Crippen LogP contribution in [0.3, 0.4) is 0 Å². The molecule has 2 aromatic rings. The SMILES string of the molecule is CC[C@@H](CO)N1C(=O)[C@@](C)(C2CC2C(=O)O)CC(c2cccc(Cl)c2)[C@H]1c1ccc(Cl)cc1. The highest BCUT2D eigenvalue weighted by Crippen LogP contribution is 2.61. The highest BCUT2D eigenvalue weighted by molar-refractivity contribution is 6.30. The van der Waals surface area contributed by atoms with Gasteiger partial charge in [0, 0.05) is 16.0 Å². The minimum absolute atomic E-state index is 0.0876. The Morgan fingerprint density at radius 3 is 2.39 bits per heavy atom. The standard InChI is InChI=1S/C26H29Cl2NO4/c1-3-19(14-30)29-23(15-7-9-17(27)10-8-15)21(16-5-4-6-18(28)11-16)13-26(2,25(29)33)22-12-20(22)24(31)32/h4-11,19-23,30H,3,12-14H2,1-2H3,(H,31,32)/t19-,20?,21?,22?,23+,26+/m0/s1.